The van der Waals surface area contributed by atoms with Gasteiger partial charge in [-0.25, -0.2) is 0 Å². The topological polar surface area (TPSA) is 81.2 Å². The molecule has 0 bridgehead atoms. The summed E-state index contributed by atoms with van der Waals surface area (Å²) in [5.41, 5.74) is 9.59. The molecule has 0 unspecified atom stereocenters. The summed E-state index contributed by atoms with van der Waals surface area (Å²) in [5.74, 6) is 0. The Morgan fingerprint density at radius 2 is 1.80 bits per heavy atom. The molecule has 0 spiro atoms. The lowest BCUT2D eigenvalue weighted by Gasteiger charge is -2.10. The fourth-order valence-electron chi connectivity index (χ4n) is 1.90. The van der Waals surface area contributed by atoms with Gasteiger partial charge in [-0.15, -0.1) is 0 Å². The van der Waals surface area contributed by atoms with Gasteiger partial charge in [0, 0.05) is 30.9 Å². The van der Waals surface area contributed by atoms with E-state index in [1.54, 1.807) is 12.1 Å². The van der Waals surface area contributed by atoms with Crippen molar-refractivity contribution in [2.45, 2.75) is 20.0 Å². The summed E-state index contributed by atoms with van der Waals surface area (Å²) >= 11 is 0. The van der Waals surface area contributed by atoms with Crippen molar-refractivity contribution in [1.29, 1.82) is 0 Å². The highest BCUT2D eigenvalue weighted by Crippen LogP contribution is 2.22. The second-order valence-corrected chi connectivity index (χ2v) is 4.63. The van der Waals surface area contributed by atoms with Gasteiger partial charge in [-0.2, -0.15) is 0 Å². The molecule has 5 heteroatoms. The minimum atomic E-state index is -0.388. The third-order valence-corrected chi connectivity index (χ3v) is 3.17. The molecule has 0 aromatic heterocycles. The molecule has 2 aromatic carbocycles. The van der Waals surface area contributed by atoms with E-state index in [1.807, 2.05) is 31.2 Å². The van der Waals surface area contributed by atoms with Crippen molar-refractivity contribution in [3.63, 3.8) is 0 Å². The van der Waals surface area contributed by atoms with Crippen molar-refractivity contribution in [3.05, 3.63) is 69.3 Å². The lowest BCUT2D eigenvalue weighted by molar-refractivity contribution is -0.384. The van der Waals surface area contributed by atoms with Crippen LogP contribution in [0.1, 0.15) is 16.7 Å². The van der Waals surface area contributed by atoms with E-state index in [9.17, 15) is 10.1 Å². The molecule has 104 valence electrons. The Kier molecular flexibility index (Phi) is 4.32. The molecule has 5 nitrogen and oxygen atoms in total. The van der Waals surface area contributed by atoms with E-state index in [-0.39, 0.29) is 10.6 Å². The number of anilines is 1. The van der Waals surface area contributed by atoms with Gasteiger partial charge in [-0.1, -0.05) is 30.3 Å². The first-order chi connectivity index (χ1) is 9.60. The average molecular weight is 271 g/mol. The van der Waals surface area contributed by atoms with Crippen molar-refractivity contribution in [2.75, 3.05) is 5.32 Å². The highest BCUT2D eigenvalue weighted by Gasteiger charge is 2.08. The van der Waals surface area contributed by atoms with Gasteiger partial charge in [0.25, 0.3) is 5.69 Å². The average Bonchev–Trinajstić information content (AvgIpc) is 2.46. The van der Waals surface area contributed by atoms with Crippen LogP contribution in [0.4, 0.5) is 11.4 Å². The zero-order valence-corrected chi connectivity index (χ0v) is 11.3. The van der Waals surface area contributed by atoms with Crippen LogP contribution in [-0.2, 0) is 13.1 Å². The number of aryl methyl sites for hydroxylation is 1. The number of nitrogens with two attached hydrogens (primary N) is 1. The van der Waals surface area contributed by atoms with Crippen LogP contribution >= 0.6 is 0 Å². The zero-order chi connectivity index (χ0) is 14.5. The number of nitrogens with one attached hydrogen (secondary N) is 1. The Bertz CT molecular complexity index is 609. The van der Waals surface area contributed by atoms with Crippen LogP contribution in [0.5, 0.6) is 0 Å². The SMILES string of the molecule is Cc1ccc([N+](=O)[O-])cc1NCc1ccc(CN)cc1. The van der Waals surface area contributed by atoms with Crippen LogP contribution < -0.4 is 11.1 Å². The summed E-state index contributed by atoms with van der Waals surface area (Å²) in [5, 5.41) is 14.0. The molecule has 2 rings (SSSR count). The van der Waals surface area contributed by atoms with Gasteiger partial charge in [-0.05, 0) is 23.6 Å². The maximum Gasteiger partial charge on any atom is 0.271 e. The standard InChI is InChI=1S/C15H17N3O2/c1-11-2-7-14(18(19)20)8-15(11)17-10-13-5-3-12(9-16)4-6-13/h2-8,17H,9-10,16H2,1H3. The highest BCUT2D eigenvalue weighted by atomic mass is 16.6. The minimum Gasteiger partial charge on any atom is -0.381 e. The summed E-state index contributed by atoms with van der Waals surface area (Å²) in [7, 11) is 0. The maximum absolute atomic E-state index is 10.8. The number of benzene rings is 2. The van der Waals surface area contributed by atoms with Crippen LogP contribution in [-0.4, -0.2) is 4.92 Å². The van der Waals surface area contributed by atoms with E-state index in [1.165, 1.54) is 6.07 Å². The van der Waals surface area contributed by atoms with Crippen LogP contribution in [0.2, 0.25) is 0 Å². The van der Waals surface area contributed by atoms with Gasteiger partial charge in [-0.3, -0.25) is 10.1 Å². The lowest BCUT2D eigenvalue weighted by atomic mass is 10.1. The maximum atomic E-state index is 10.8. The molecule has 0 fully saturated rings. The Balaban J connectivity index is 2.09. The molecule has 0 saturated heterocycles. The van der Waals surface area contributed by atoms with Crippen molar-refractivity contribution in [3.8, 4) is 0 Å². The Hall–Kier alpha value is -2.40. The van der Waals surface area contributed by atoms with E-state index in [4.69, 9.17) is 5.73 Å². The van der Waals surface area contributed by atoms with E-state index in [0.717, 1.165) is 22.4 Å². The number of nitro benzene ring substituents is 1. The molecule has 0 aliphatic carbocycles. The molecule has 20 heavy (non-hydrogen) atoms. The van der Waals surface area contributed by atoms with E-state index in [2.05, 4.69) is 5.32 Å². The molecule has 3 N–H and O–H groups in total. The first kappa shape index (κ1) is 14.0. The third-order valence-electron chi connectivity index (χ3n) is 3.17. The van der Waals surface area contributed by atoms with Crippen LogP contribution in [0, 0.1) is 17.0 Å². The van der Waals surface area contributed by atoms with Crippen LogP contribution in [0.25, 0.3) is 0 Å². The number of non-ortho nitro benzene ring substituents is 1. The Labute approximate surface area is 117 Å². The van der Waals surface area contributed by atoms with E-state index < -0.39 is 0 Å². The van der Waals surface area contributed by atoms with E-state index >= 15 is 0 Å². The highest BCUT2D eigenvalue weighted by molar-refractivity contribution is 5.57. The van der Waals surface area contributed by atoms with Crippen molar-refractivity contribution in [2.24, 2.45) is 5.73 Å². The fraction of sp³-hybridized carbons (Fsp3) is 0.200. The molecule has 0 saturated carbocycles. The molecular formula is C15H17N3O2. The largest absolute Gasteiger partial charge is 0.381 e. The smallest absolute Gasteiger partial charge is 0.271 e. The molecular weight excluding hydrogens is 254 g/mol. The molecule has 2 aromatic rings. The van der Waals surface area contributed by atoms with Gasteiger partial charge in [0.15, 0.2) is 0 Å². The Morgan fingerprint density at radius 3 is 2.40 bits per heavy atom. The Morgan fingerprint density at radius 1 is 1.15 bits per heavy atom. The predicted molar refractivity (Wildman–Crippen MR) is 79.5 cm³/mol. The van der Waals surface area contributed by atoms with Gasteiger partial charge >= 0.3 is 0 Å². The summed E-state index contributed by atoms with van der Waals surface area (Å²) in [6, 6.07) is 12.8. The van der Waals surface area contributed by atoms with Crippen LogP contribution in [0.15, 0.2) is 42.5 Å². The normalized spacial score (nSPS) is 10.3. The monoisotopic (exact) mass is 271 g/mol. The molecule has 0 heterocycles. The van der Waals surface area contributed by atoms with Crippen LogP contribution in [0.3, 0.4) is 0 Å². The predicted octanol–water partition coefficient (Wildman–Crippen LogP) is 2.97. The van der Waals surface area contributed by atoms with Crippen molar-refractivity contribution in [1.82, 2.24) is 0 Å². The molecule has 0 amide bonds. The lowest BCUT2D eigenvalue weighted by Crippen LogP contribution is -2.02. The molecule has 0 radical (unpaired) electrons. The quantitative estimate of drug-likeness (QED) is 0.647. The number of rotatable bonds is 5. The summed E-state index contributed by atoms with van der Waals surface area (Å²) < 4.78 is 0. The second-order valence-electron chi connectivity index (χ2n) is 4.63. The first-order valence-corrected chi connectivity index (χ1v) is 6.37. The van der Waals surface area contributed by atoms with Gasteiger partial charge in [0.2, 0.25) is 0 Å². The number of nitro groups is 1. The first-order valence-electron chi connectivity index (χ1n) is 6.37. The third kappa shape index (κ3) is 3.33. The van der Waals surface area contributed by atoms with Gasteiger partial charge < -0.3 is 11.1 Å². The van der Waals surface area contributed by atoms with Gasteiger partial charge in [0.05, 0.1) is 4.92 Å². The van der Waals surface area contributed by atoms with E-state index in [0.29, 0.717) is 13.1 Å². The molecule has 0 atom stereocenters. The molecule has 0 aliphatic heterocycles. The number of nitrogens with zero attached hydrogens (tertiary/aromatic N) is 1. The molecule has 0 aliphatic rings. The summed E-state index contributed by atoms with van der Waals surface area (Å²) in [4.78, 5) is 10.4. The van der Waals surface area contributed by atoms with Crippen molar-refractivity contribution < 1.29 is 4.92 Å². The number of hydrogen-bond acceptors (Lipinski definition) is 4. The summed E-state index contributed by atoms with van der Waals surface area (Å²) in [6.07, 6.45) is 0. The minimum absolute atomic E-state index is 0.0941. The van der Waals surface area contributed by atoms with Crippen molar-refractivity contribution >= 4 is 11.4 Å². The summed E-state index contributed by atoms with van der Waals surface area (Å²) in [6.45, 7) is 3.06. The number of hydrogen-bond donors (Lipinski definition) is 2. The fourth-order valence-corrected chi connectivity index (χ4v) is 1.90. The van der Waals surface area contributed by atoms with Gasteiger partial charge in [0.1, 0.15) is 0 Å². The zero-order valence-electron chi connectivity index (χ0n) is 11.3. The second kappa shape index (κ2) is 6.16.